The van der Waals surface area contributed by atoms with Crippen LogP contribution in [0.2, 0.25) is 0 Å². The van der Waals surface area contributed by atoms with Gasteiger partial charge in [0.05, 0.1) is 19.8 Å². The zero-order chi connectivity index (χ0) is 29.1. The highest BCUT2D eigenvalue weighted by molar-refractivity contribution is 5.96. The van der Waals surface area contributed by atoms with Crippen molar-refractivity contribution in [2.24, 2.45) is 0 Å². The number of fused-ring (bicyclic) bond motifs is 1. The molecule has 5 aromatic rings. The van der Waals surface area contributed by atoms with Crippen molar-refractivity contribution in [2.45, 2.75) is 26.9 Å². The molecule has 0 saturated carbocycles. The van der Waals surface area contributed by atoms with E-state index >= 15 is 0 Å². The van der Waals surface area contributed by atoms with Crippen LogP contribution in [0.4, 0.5) is 0 Å². The van der Waals surface area contributed by atoms with Gasteiger partial charge in [-0.3, -0.25) is 0 Å². The van der Waals surface area contributed by atoms with Crippen LogP contribution < -0.4 is 14.8 Å². The second-order valence-electron chi connectivity index (χ2n) is 10.1. The molecule has 208 valence electrons. The Kier molecular flexibility index (Phi) is 7.83. The quantitative estimate of drug-likeness (QED) is 0.190. The van der Waals surface area contributed by atoms with E-state index in [-0.39, 0.29) is 0 Å². The summed E-state index contributed by atoms with van der Waals surface area (Å²) in [6.07, 6.45) is 0. The number of aryl methyl sites for hydroxylation is 1. The number of ether oxygens (including phenoxy) is 2. The lowest BCUT2D eigenvalue weighted by molar-refractivity contribution is 0.0697. The third-order valence-electron chi connectivity index (χ3n) is 7.74. The molecule has 0 aliphatic heterocycles. The minimum Gasteiger partial charge on any atom is -0.497 e. The Morgan fingerprint density at radius 3 is 2.39 bits per heavy atom. The topological polar surface area (TPSA) is 72.7 Å². The van der Waals surface area contributed by atoms with Crippen molar-refractivity contribution >= 4 is 22.6 Å². The number of aromatic nitrogens is 1. The summed E-state index contributed by atoms with van der Waals surface area (Å²) in [4.78, 5) is 11.7. The molecule has 0 fully saturated rings. The Hall–Kier alpha value is -4.97. The van der Waals surface area contributed by atoms with Gasteiger partial charge in [0.1, 0.15) is 11.5 Å². The van der Waals surface area contributed by atoms with Crippen molar-refractivity contribution < 1.29 is 19.4 Å². The van der Waals surface area contributed by atoms with Gasteiger partial charge in [-0.05, 0) is 72.0 Å². The van der Waals surface area contributed by atoms with E-state index in [2.05, 4.69) is 60.6 Å². The number of carbonyl (C=O) groups is 1. The van der Waals surface area contributed by atoms with Crippen LogP contribution in [0, 0.1) is 13.8 Å². The van der Waals surface area contributed by atoms with Crippen LogP contribution >= 0.6 is 0 Å². The van der Waals surface area contributed by atoms with E-state index in [1.54, 1.807) is 26.4 Å². The number of carboxylic acid groups (broad SMARTS) is 1. The van der Waals surface area contributed by atoms with Gasteiger partial charge in [-0.1, -0.05) is 55.1 Å². The van der Waals surface area contributed by atoms with Gasteiger partial charge in [-0.2, -0.15) is 0 Å². The van der Waals surface area contributed by atoms with Crippen LogP contribution in [0.15, 0.2) is 91.5 Å². The van der Waals surface area contributed by atoms with E-state index in [0.29, 0.717) is 18.7 Å². The van der Waals surface area contributed by atoms with Crippen LogP contribution in [0.3, 0.4) is 0 Å². The second-order valence-corrected chi connectivity index (χ2v) is 10.1. The molecule has 1 heterocycles. The third kappa shape index (κ3) is 5.54. The Morgan fingerprint density at radius 1 is 0.927 bits per heavy atom. The highest BCUT2D eigenvalue weighted by atomic mass is 16.5. The van der Waals surface area contributed by atoms with Crippen LogP contribution in [0.25, 0.3) is 27.7 Å². The summed E-state index contributed by atoms with van der Waals surface area (Å²) in [5.41, 5.74) is 9.55. The molecule has 6 heteroatoms. The molecular formula is C35H34N2O4. The van der Waals surface area contributed by atoms with Gasteiger partial charge in [0, 0.05) is 47.0 Å². The van der Waals surface area contributed by atoms with Crippen molar-refractivity contribution in [3.63, 3.8) is 0 Å². The van der Waals surface area contributed by atoms with Crippen molar-refractivity contribution in [3.05, 3.63) is 125 Å². The smallest absolute Gasteiger partial charge is 0.336 e. The molecule has 0 unspecified atom stereocenters. The largest absolute Gasteiger partial charge is 0.497 e. The molecule has 0 aliphatic rings. The lowest BCUT2D eigenvalue weighted by Crippen LogP contribution is -2.12. The first-order chi connectivity index (χ1) is 19.8. The number of methoxy groups -OCH3 is 2. The first-order valence-corrected chi connectivity index (χ1v) is 13.5. The summed E-state index contributed by atoms with van der Waals surface area (Å²) < 4.78 is 13.2. The van der Waals surface area contributed by atoms with Gasteiger partial charge in [0.2, 0.25) is 0 Å². The monoisotopic (exact) mass is 546 g/mol. The maximum absolute atomic E-state index is 11.7. The Balaban J connectivity index is 1.35. The van der Waals surface area contributed by atoms with Crippen molar-refractivity contribution in [3.8, 4) is 22.6 Å². The Morgan fingerprint density at radius 2 is 1.68 bits per heavy atom. The third-order valence-corrected chi connectivity index (χ3v) is 7.74. The lowest BCUT2D eigenvalue weighted by Gasteiger charge is -2.14. The zero-order valence-corrected chi connectivity index (χ0v) is 23.8. The zero-order valence-electron chi connectivity index (χ0n) is 23.8. The number of nitrogens with zero attached hydrogens (tertiary/aromatic N) is 1. The van der Waals surface area contributed by atoms with Gasteiger partial charge in [0.25, 0.3) is 0 Å². The molecule has 0 saturated heterocycles. The van der Waals surface area contributed by atoms with Gasteiger partial charge in [-0.15, -0.1) is 0 Å². The van der Waals surface area contributed by atoms with E-state index in [1.807, 2.05) is 42.5 Å². The van der Waals surface area contributed by atoms with Crippen LogP contribution in [0.1, 0.15) is 38.3 Å². The van der Waals surface area contributed by atoms with E-state index in [0.717, 1.165) is 50.5 Å². The number of nitrogens with one attached hydrogen (secondary N) is 1. The lowest BCUT2D eigenvalue weighted by atomic mass is 9.99. The van der Waals surface area contributed by atoms with Gasteiger partial charge in [0.15, 0.2) is 0 Å². The summed E-state index contributed by atoms with van der Waals surface area (Å²) in [5.74, 6) is 0.597. The molecule has 0 atom stereocenters. The first kappa shape index (κ1) is 27.6. The average Bonchev–Trinajstić information content (AvgIpc) is 3.24. The molecule has 0 amide bonds. The number of benzene rings is 4. The summed E-state index contributed by atoms with van der Waals surface area (Å²) >= 11 is 0. The second kappa shape index (κ2) is 11.6. The van der Waals surface area contributed by atoms with Crippen molar-refractivity contribution in [1.29, 1.82) is 0 Å². The normalized spacial score (nSPS) is 10.9. The molecule has 0 spiro atoms. The molecule has 4 aromatic carbocycles. The average molecular weight is 547 g/mol. The van der Waals surface area contributed by atoms with E-state index in [1.165, 1.54) is 16.6 Å². The predicted molar refractivity (Wildman–Crippen MR) is 165 cm³/mol. The van der Waals surface area contributed by atoms with E-state index in [4.69, 9.17) is 9.47 Å². The van der Waals surface area contributed by atoms with Crippen LogP contribution in [0.5, 0.6) is 11.5 Å². The molecule has 6 nitrogen and oxygen atoms in total. The molecule has 41 heavy (non-hydrogen) atoms. The number of rotatable bonds is 10. The predicted octanol–water partition coefficient (Wildman–Crippen LogP) is 7.45. The van der Waals surface area contributed by atoms with Gasteiger partial charge >= 0.3 is 5.97 Å². The summed E-state index contributed by atoms with van der Waals surface area (Å²) in [6.45, 7) is 9.89. The summed E-state index contributed by atoms with van der Waals surface area (Å²) in [5, 5.41) is 14.2. The van der Waals surface area contributed by atoms with Gasteiger partial charge in [-0.25, -0.2) is 4.79 Å². The first-order valence-electron chi connectivity index (χ1n) is 13.5. The SMILES string of the molecule is C=C(NCc1ccc(OC)cc1OC)c1ccc2c(c1)c(C)c(C)n2Cc1ccc(-c2ccccc2C(=O)O)cc1. The van der Waals surface area contributed by atoms with Crippen molar-refractivity contribution in [1.82, 2.24) is 9.88 Å². The molecule has 0 aliphatic carbocycles. The Bertz CT molecular complexity index is 1750. The molecule has 5 rings (SSSR count). The standard InChI is InChI=1S/C35H34N2O4/c1-22-24(3)37(21-25-10-12-26(13-11-25)30-8-6-7-9-31(30)35(38)39)33-17-15-27(18-32(22)33)23(2)36-20-28-14-16-29(40-4)19-34(28)41-5/h6-19,36H,2,20-21H2,1,3-5H3,(H,38,39). The van der Waals surface area contributed by atoms with Gasteiger partial charge < -0.3 is 24.5 Å². The number of hydrogen-bond acceptors (Lipinski definition) is 4. The molecule has 2 N–H and O–H groups in total. The maximum atomic E-state index is 11.7. The molecule has 1 aromatic heterocycles. The molecular weight excluding hydrogens is 512 g/mol. The minimum atomic E-state index is -0.924. The molecule has 0 bridgehead atoms. The molecule has 0 radical (unpaired) electrons. The van der Waals surface area contributed by atoms with E-state index in [9.17, 15) is 9.90 Å². The summed E-state index contributed by atoms with van der Waals surface area (Å²) in [6, 6.07) is 27.5. The van der Waals surface area contributed by atoms with Crippen molar-refractivity contribution in [2.75, 3.05) is 14.2 Å². The number of carboxylic acids is 1. The maximum Gasteiger partial charge on any atom is 0.336 e. The van der Waals surface area contributed by atoms with E-state index < -0.39 is 5.97 Å². The Labute approximate surface area is 240 Å². The number of hydrogen-bond donors (Lipinski definition) is 2. The van der Waals surface area contributed by atoms with Crippen LogP contribution in [-0.4, -0.2) is 29.9 Å². The number of aromatic carboxylic acids is 1. The fourth-order valence-electron chi connectivity index (χ4n) is 5.24. The summed E-state index contributed by atoms with van der Waals surface area (Å²) in [7, 11) is 3.30. The fourth-order valence-corrected chi connectivity index (χ4v) is 5.24. The highest BCUT2D eigenvalue weighted by Gasteiger charge is 2.15. The highest BCUT2D eigenvalue weighted by Crippen LogP contribution is 2.30. The van der Waals surface area contributed by atoms with Crippen LogP contribution in [-0.2, 0) is 13.1 Å². The fraction of sp³-hybridized carbons (Fsp3) is 0.171. The minimum absolute atomic E-state index is 0.304.